The Kier molecular flexibility index (Phi) is 2.77. The summed E-state index contributed by atoms with van der Waals surface area (Å²) < 4.78 is 0. The zero-order valence-electron chi connectivity index (χ0n) is 9.60. The average molecular weight is 220 g/mol. The summed E-state index contributed by atoms with van der Waals surface area (Å²) in [6.45, 7) is 5.57. The third-order valence-electron chi connectivity index (χ3n) is 2.89. The highest BCUT2D eigenvalue weighted by molar-refractivity contribution is 5.98. The molecule has 1 aliphatic heterocycles. The average Bonchev–Trinajstić information content (AvgIpc) is 2.64. The molecular weight excluding hydrogens is 204 g/mol. The summed E-state index contributed by atoms with van der Waals surface area (Å²) in [6.07, 6.45) is 2.64. The number of nitrogens with zero attached hydrogens (tertiary/aromatic N) is 3. The minimum Gasteiger partial charge on any atom is -0.368 e. The highest BCUT2D eigenvalue weighted by Gasteiger charge is 2.23. The van der Waals surface area contributed by atoms with Gasteiger partial charge in [0.2, 0.25) is 5.95 Å². The number of Topliss-reactive ketones (excluding diaryl/α,β-unsaturated/α-hetero) is 1. The fourth-order valence-corrected chi connectivity index (χ4v) is 2.00. The van der Waals surface area contributed by atoms with Crippen molar-refractivity contribution >= 4 is 17.5 Å². The van der Waals surface area contributed by atoms with E-state index >= 15 is 0 Å². The fraction of sp³-hybridized carbons (Fsp3) is 0.545. The van der Waals surface area contributed by atoms with Crippen LogP contribution in [0.2, 0.25) is 0 Å². The molecule has 16 heavy (non-hydrogen) atoms. The van der Waals surface area contributed by atoms with E-state index in [-0.39, 0.29) is 11.7 Å². The number of ketones is 1. The molecule has 1 unspecified atom stereocenters. The lowest BCUT2D eigenvalue weighted by atomic mass is 10.2. The molecule has 1 aromatic rings. The molecule has 1 fully saturated rings. The van der Waals surface area contributed by atoms with E-state index in [4.69, 9.17) is 5.73 Å². The first-order chi connectivity index (χ1) is 7.58. The minimum absolute atomic E-state index is 0.0189. The first kappa shape index (κ1) is 10.9. The van der Waals surface area contributed by atoms with Crippen LogP contribution in [-0.2, 0) is 0 Å². The summed E-state index contributed by atoms with van der Waals surface area (Å²) in [5.74, 6) is 1.52. The molecule has 0 spiro atoms. The molecule has 86 valence electrons. The van der Waals surface area contributed by atoms with Crippen molar-refractivity contribution in [3.63, 3.8) is 0 Å². The second kappa shape index (κ2) is 4.08. The van der Waals surface area contributed by atoms with Crippen molar-refractivity contribution in [3.05, 3.63) is 11.8 Å². The Morgan fingerprint density at radius 2 is 2.38 bits per heavy atom. The third kappa shape index (κ3) is 1.98. The Bertz CT molecular complexity index is 418. The molecule has 0 aromatic carbocycles. The van der Waals surface area contributed by atoms with Crippen LogP contribution < -0.4 is 10.6 Å². The highest BCUT2D eigenvalue weighted by Crippen LogP contribution is 2.25. The van der Waals surface area contributed by atoms with Crippen LogP contribution in [0.15, 0.2) is 6.20 Å². The van der Waals surface area contributed by atoms with E-state index in [2.05, 4.69) is 21.8 Å². The summed E-state index contributed by atoms with van der Waals surface area (Å²) in [4.78, 5) is 21.6. The fourth-order valence-electron chi connectivity index (χ4n) is 2.00. The Labute approximate surface area is 94.7 Å². The van der Waals surface area contributed by atoms with Gasteiger partial charge in [-0.2, -0.15) is 4.98 Å². The van der Waals surface area contributed by atoms with E-state index in [1.807, 2.05) is 0 Å². The third-order valence-corrected chi connectivity index (χ3v) is 2.89. The predicted molar refractivity (Wildman–Crippen MR) is 62.4 cm³/mol. The normalized spacial score (nSPS) is 20.1. The molecule has 0 saturated carbocycles. The monoisotopic (exact) mass is 220 g/mol. The van der Waals surface area contributed by atoms with Crippen LogP contribution in [0, 0.1) is 5.92 Å². The molecular formula is C11H16N4O. The van der Waals surface area contributed by atoms with E-state index in [1.165, 1.54) is 13.1 Å². The number of rotatable bonds is 2. The smallest absolute Gasteiger partial charge is 0.221 e. The first-order valence-corrected chi connectivity index (χ1v) is 5.46. The zero-order valence-corrected chi connectivity index (χ0v) is 9.60. The summed E-state index contributed by atoms with van der Waals surface area (Å²) >= 11 is 0. The second-order valence-corrected chi connectivity index (χ2v) is 4.36. The topological polar surface area (TPSA) is 72.1 Å². The lowest BCUT2D eigenvalue weighted by Crippen LogP contribution is -2.23. The van der Waals surface area contributed by atoms with E-state index < -0.39 is 0 Å². The number of anilines is 2. The molecule has 0 aliphatic carbocycles. The van der Waals surface area contributed by atoms with Gasteiger partial charge < -0.3 is 10.6 Å². The lowest BCUT2D eigenvalue weighted by Gasteiger charge is -2.19. The molecule has 1 aliphatic rings. The van der Waals surface area contributed by atoms with Gasteiger partial charge >= 0.3 is 0 Å². The number of hydrogen-bond donors (Lipinski definition) is 1. The van der Waals surface area contributed by atoms with Gasteiger partial charge in [0.1, 0.15) is 5.82 Å². The first-order valence-electron chi connectivity index (χ1n) is 5.46. The summed E-state index contributed by atoms with van der Waals surface area (Å²) in [6, 6.07) is 0. The maximum atomic E-state index is 11.5. The van der Waals surface area contributed by atoms with Crippen LogP contribution in [-0.4, -0.2) is 28.8 Å². The Morgan fingerprint density at radius 1 is 1.62 bits per heavy atom. The van der Waals surface area contributed by atoms with Gasteiger partial charge in [0, 0.05) is 19.3 Å². The molecule has 1 aromatic heterocycles. The number of nitrogen functional groups attached to an aromatic ring is 1. The quantitative estimate of drug-likeness (QED) is 0.756. The van der Waals surface area contributed by atoms with Crippen LogP contribution in [0.5, 0.6) is 0 Å². The van der Waals surface area contributed by atoms with Crippen LogP contribution in [0.25, 0.3) is 0 Å². The van der Waals surface area contributed by atoms with Gasteiger partial charge in [0.05, 0.1) is 5.56 Å². The van der Waals surface area contributed by atoms with Gasteiger partial charge in [-0.1, -0.05) is 6.92 Å². The number of aromatic nitrogens is 2. The Balaban J connectivity index is 2.37. The second-order valence-electron chi connectivity index (χ2n) is 4.36. The molecule has 5 nitrogen and oxygen atoms in total. The molecule has 2 rings (SSSR count). The van der Waals surface area contributed by atoms with Crippen molar-refractivity contribution in [2.75, 3.05) is 23.7 Å². The molecule has 2 N–H and O–H groups in total. The van der Waals surface area contributed by atoms with Crippen LogP contribution in [0.1, 0.15) is 30.6 Å². The maximum absolute atomic E-state index is 11.5. The van der Waals surface area contributed by atoms with Gasteiger partial charge in [-0.3, -0.25) is 4.79 Å². The summed E-state index contributed by atoms with van der Waals surface area (Å²) in [7, 11) is 0. The van der Waals surface area contributed by atoms with Gasteiger partial charge in [0.15, 0.2) is 5.78 Å². The molecule has 1 atom stereocenters. The van der Waals surface area contributed by atoms with E-state index in [1.54, 1.807) is 0 Å². The van der Waals surface area contributed by atoms with Gasteiger partial charge in [-0.15, -0.1) is 0 Å². The predicted octanol–water partition coefficient (Wildman–Crippen LogP) is 1.11. The maximum Gasteiger partial charge on any atom is 0.221 e. The van der Waals surface area contributed by atoms with Crippen molar-refractivity contribution in [2.24, 2.45) is 5.92 Å². The Morgan fingerprint density at radius 3 is 2.94 bits per heavy atom. The van der Waals surface area contributed by atoms with E-state index in [0.29, 0.717) is 17.3 Å². The SMILES string of the molecule is CC(=O)c1cnc(N)nc1N1CCC(C)C1. The number of carbonyl (C=O) groups excluding carboxylic acids is 1. The van der Waals surface area contributed by atoms with Crippen LogP contribution in [0.3, 0.4) is 0 Å². The minimum atomic E-state index is -0.0189. The molecule has 5 heteroatoms. The van der Waals surface area contributed by atoms with Crippen molar-refractivity contribution in [3.8, 4) is 0 Å². The lowest BCUT2D eigenvalue weighted by molar-refractivity contribution is 0.101. The van der Waals surface area contributed by atoms with Crippen molar-refractivity contribution < 1.29 is 4.79 Å². The molecule has 2 heterocycles. The van der Waals surface area contributed by atoms with Gasteiger partial charge in [-0.05, 0) is 19.3 Å². The standard InChI is InChI=1S/C11H16N4O/c1-7-3-4-15(6-7)10-9(8(2)16)5-13-11(12)14-10/h5,7H,3-4,6H2,1-2H3,(H2,12,13,14). The highest BCUT2D eigenvalue weighted by atomic mass is 16.1. The van der Waals surface area contributed by atoms with Crippen LogP contribution in [0.4, 0.5) is 11.8 Å². The molecule has 0 radical (unpaired) electrons. The van der Waals surface area contributed by atoms with Crippen molar-refractivity contribution in [1.29, 1.82) is 0 Å². The zero-order chi connectivity index (χ0) is 11.7. The van der Waals surface area contributed by atoms with Crippen LogP contribution >= 0.6 is 0 Å². The largest absolute Gasteiger partial charge is 0.368 e. The molecule has 0 bridgehead atoms. The van der Waals surface area contributed by atoms with Crippen molar-refractivity contribution in [1.82, 2.24) is 9.97 Å². The summed E-state index contributed by atoms with van der Waals surface area (Å²) in [5.41, 5.74) is 6.13. The molecule has 0 amide bonds. The van der Waals surface area contributed by atoms with Gasteiger partial charge in [-0.25, -0.2) is 4.98 Å². The van der Waals surface area contributed by atoms with Crippen molar-refractivity contribution in [2.45, 2.75) is 20.3 Å². The number of hydrogen-bond acceptors (Lipinski definition) is 5. The van der Waals surface area contributed by atoms with Gasteiger partial charge in [0.25, 0.3) is 0 Å². The summed E-state index contributed by atoms with van der Waals surface area (Å²) in [5, 5.41) is 0. The Hall–Kier alpha value is -1.65. The molecule has 1 saturated heterocycles. The van der Waals surface area contributed by atoms with E-state index in [0.717, 1.165) is 19.5 Å². The number of carbonyl (C=O) groups is 1. The van der Waals surface area contributed by atoms with E-state index in [9.17, 15) is 4.79 Å². The number of nitrogens with two attached hydrogens (primary N) is 1.